The summed E-state index contributed by atoms with van der Waals surface area (Å²) in [6.07, 6.45) is 6.91. The molecule has 6 nitrogen and oxygen atoms in total. The fraction of sp³-hybridized carbons (Fsp3) is 0.900. The van der Waals surface area contributed by atoms with Gasteiger partial charge in [0.25, 0.3) is 0 Å². The van der Waals surface area contributed by atoms with Gasteiger partial charge in [-0.05, 0) is 66.5 Å². The molecule has 1 heterocycles. The zero-order valence-electron chi connectivity index (χ0n) is 17.9. The summed E-state index contributed by atoms with van der Waals surface area (Å²) in [6.45, 7) is 14.8. The number of rotatable bonds is 11. The van der Waals surface area contributed by atoms with Crippen molar-refractivity contribution in [1.82, 2.24) is 20.4 Å². The summed E-state index contributed by atoms with van der Waals surface area (Å²) in [5, 5.41) is 6.55. The lowest BCUT2D eigenvalue weighted by Crippen LogP contribution is -2.40. The maximum Gasteiger partial charge on any atom is 0.224 e. The van der Waals surface area contributed by atoms with Crippen LogP contribution in [0.1, 0.15) is 66.2 Å². The number of carbonyl (C=O) groups excluding carboxylic acids is 1. The summed E-state index contributed by atoms with van der Waals surface area (Å²) in [7, 11) is 0. The molecule has 1 amide bonds. The Hall–Kier alpha value is -0.570. The molecule has 0 aromatic carbocycles. The lowest BCUT2D eigenvalue weighted by atomic mass is 10.0. The van der Waals surface area contributed by atoms with Crippen LogP contribution in [-0.4, -0.2) is 73.5 Å². The van der Waals surface area contributed by atoms with E-state index < -0.39 is 0 Å². The number of guanidine groups is 1. The van der Waals surface area contributed by atoms with Crippen molar-refractivity contribution in [1.29, 1.82) is 0 Å². The molecule has 1 aliphatic rings. The second-order valence-corrected chi connectivity index (χ2v) is 7.09. The molecule has 2 N–H and O–H groups in total. The maximum absolute atomic E-state index is 12.0. The first-order valence-corrected chi connectivity index (χ1v) is 10.7. The number of carbonyl (C=O) groups is 1. The Balaban J connectivity index is 0.00000676. The number of piperidine rings is 1. The predicted octanol–water partition coefficient (Wildman–Crippen LogP) is 3.07. The highest BCUT2D eigenvalue weighted by atomic mass is 127. The highest BCUT2D eigenvalue weighted by molar-refractivity contribution is 14.0. The third kappa shape index (κ3) is 11.1. The van der Waals surface area contributed by atoms with Gasteiger partial charge in [0.2, 0.25) is 5.91 Å². The van der Waals surface area contributed by atoms with Gasteiger partial charge >= 0.3 is 0 Å². The van der Waals surface area contributed by atoms with Crippen molar-refractivity contribution in [2.45, 2.75) is 72.3 Å². The van der Waals surface area contributed by atoms with Gasteiger partial charge in [-0.25, -0.2) is 0 Å². The summed E-state index contributed by atoms with van der Waals surface area (Å²) in [6, 6.07) is 0.745. The molecule has 1 fully saturated rings. The van der Waals surface area contributed by atoms with Crippen LogP contribution in [0.15, 0.2) is 4.99 Å². The van der Waals surface area contributed by atoms with Gasteiger partial charge in [0.05, 0.1) is 0 Å². The maximum atomic E-state index is 12.0. The Morgan fingerprint density at radius 1 is 1.15 bits per heavy atom. The van der Waals surface area contributed by atoms with Crippen LogP contribution in [-0.2, 0) is 4.79 Å². The van der Waals surface area contributed by atoms with Crippen molar-refractivity contribution in [3.63, 3.8) is 0 Å². The highest BCUT2D eigenvalue weighted by Crippen LogP contribution is 2.16. The van der Waals surface area contributed by atoms with E-state index in [0.29, 0.717) is 13.0 Å². The lowest BCUT2D eigenvalue weighted by molar-refractivity contribution is -0.130. The molecule has 1 saturated heterocycles. The third-order valence-electron chi connectivity index (χ3n) is 5.16. The molecule has 0 radical (unpaired) electrons. The minimum absolute atomic E-state index is 0. The van der Waals surface area contributed by atoms with Crippen LogP contribution in [0.2, 0.25) is 0 Å². The van der Waals surface area contributed by atoms with Crippen LogP contribution >= 0.6 is 24.0 Å². The van der Waals surface area contributed by atoms with Crippen molar-refractivity contribution < 1.29 is 4.79 Å². The average Bonchev–Trinajstić information content (AvgIpc) is 2.64. The first kappa shape index (κ1) is 26.4. The number of aliphatic imine (C=N–C) groups is 1. The molecule has 27 heavy (non-hydrogen) atoms. The lowest BCUT2D eigenvalue weighted by Gasteiger charge is -2.33. The van der Waals surface area contributed by atoms with Crippen LogP contribution in [0.25, 0.3) is 0 Å². The predicted molar refractivity (Wildman–Crippen MR) is 126 cm³/mol. The quantitative estimate of drug-likeness (QED) is 0.200. The van der Waals surface area contributed by atoms with E-state index in [1.54, 1.807) is 0 Å². The van der Waals surface area contributed by atoms with Crippen LogP contribution in [0.3, 0.4) is 0 Å². The fourth-order valence-electron chi connectivity index (χ4n) is 3.47. The topological polar surface area (TPSA) is 60.0 Å². The van der Waals surface area contributed by atoms with Crippen molar-refractivity contribution in [3.05, 3.63) is 0 Å². The molecule has 0 bridgehead atoms. The van der Waals surface area contributed by atoms with Gasteiger partial charge in [-0.3, -0.25) is 9.79 Å². The van der Waals surface area contributed by atoms with E-state index in [1.807, 2.05) is 18.7 Å². The first-order chi connectivity index (χ1) is 12.6. The smallest absolute Gasteiger partial charge is 0.224 e. The molecule has 1 unspecified atom stereocenters. The number of unbranched alkanes of at least 4 members (excludes halogenated alkanes) is 1. The van der Waals surface area contributed by atoms with Crippen molar-refractivity contribution >= 4 is 35.8 Å². The summed E-state index contributed by atoms with van der Waals surface area (Å²) >= 11 is 0. The van der Waals surface area contributed by atoms with E-state index >= 15 is 0 Å². The van der Waals surface area contributed by atoms with Crippen LogP contribution in [0.4, 0.5) is 0 Å². The van der Waals surface area contributed by atoms with E-state index in [0.717, 1.165) is 44.6 Å². The SMILES string of the molecule is CCNC(=NCCCCN1CCCCC1C)NCCC(=O)N(CC)CC.I. The van der Waals surface area contributed by atoms with E-state index in [-0.39, 0.29) is 29.9 Å². The number of amides is 1. The normalized spacial score (nSPS) is 17.9. The minimum Gasteiger partial charge on any atom is -0.357 e. The van der Waals surface area contributed by atoms with Crippen molar-refractivity contribution in [2.24, 2.45) is 4.99 Å². The number of halogens is 1. The second kappa shape index (κ2) is 16.4. The van der Waals surface area contributed by atoms with Crippen molar-refractivity contribution in [2.75, 3.05) is 45.8 Å². The standard InChI is InChI=1S/C20H41N5O.HI/c1-5-21-20(23-15-13-19(26)24(6-2)7-3)22-14-9-11-17-25-16-10-8-12-18(25)4;/h18H,5-17H2,1-4H3,(H2,21,22,23);1H. The Morgan fingerprint density at radius 3 is 2.52 bits per heavy atom. The van der Waals surface area contributed by atoms with E-state index in [2.05, 4.69) is 34.4 Å². The van der Waals surface area contributed by atoms with E-state index in [4.69, 9.17) is 0 Å². The molecule has 0 aliphatic carbocycles. The summed E-state index contributed by atoms with van der Waals surface area (Å²) < 4.78 is 0. The Morgan fingerprint density at radius 2 is 1.89 bits per heavy atom. The Bertz CT molecular complexity index is 415. The van der Waals surface area contributed by atoms with Gasteiger partial charge in [0.15, 0.2) is 5.96 Å². The summed E-state index contributed by atoms with van der Waals surface area (Å²) in [4.78, 5) is 21.2. The van der Waals surface area contributed by atoms with Crippen LogP contribution in [0.5, 0.6) is 0 Å². The molecule has 1 aliphatic heterocycles. The minimum atomic E-state index is 0. The van der Waals surface area contributed by atoms with Gasteiger partial charge in [0.1, 0.15) is 0 Å². The number of nitrogens with one attached hydrogen (secondary N) is 2. The van der Waals surface area contributed by atoms with Crippen LogP contribution < -0.4 is 10.6 Å². The summed E-state index contributed by atoms with van der Waals surface area (Å²) in [5.41, 5.74) is 0. The molecule has 1 atom stereocenters. The second-order valence-electron chi connectivity index (χ2n) is 7.09. The zero-order valence-corrected chi connectivity index (χ0v) is 20.3. The monoisotopic (exact) mass is 495 g/mol. The molecular formula is C20H42IN5O. The molecule has 0 spiro atoms. The molecular weight excluding hydrogens is 453 g/mol. The van der Waals surface area contributed by atoms with E-state index in [9.17, 15) is 4.79 Å². The third-order valence-corrected chi connectivity index (χ3v) is 5.16. The zero-order chi connectivity index (χ0) is 19.2. The molecule has 160 valence electrons. The molecule has 0 aromatic heterocycles. The molecule has 1 rings (SSSR count). The van der Waals surface area contributed by atoms with Gasteiger partial charge < -0.3 is 20.4 Å². The Kier molecular flexibility index (Phi) is 16.0. The largest absolute Gasteiger partial charge is 0.357 e. The molecule has 0 aromatic rings. The average molecular weight is 495 g/mol. The van der Waals surface area contributed by atoms with Gasteiger partial charge in [-0.2, -0.15) is 0 Å². The Labute approximate surface area is 183 Å². The first-order valence-electron chi connectivity index (χ1n) is 10.7. The molecule has 7 heteroatoms. The van der Waals surface area contributed by atoms with Crippen molar-refractivity contribution in [3.8, 4) is 0 Å². The van der Waals surface area contributed by atoms with Crippen LogP contribution in [0, 0.1) is 0 Å². The number of likely N-dealkylation sites (tertiary alicyclic amines) is 1. The number of hydrogen-bond donors (Lipinski definition) is 2. The molecule has 0 saturated carbocycles. The number of nitrogens with zero attached hydrogens (tertiary/aromatic N) is 3. The highest BCUT2D eigenvalue weighted by Gasteiger charge is 2.16. The fourth-order valence-corrected chi connectivity index (χ4v) is 3.47. The van der Waals surface area contributed by atoms with E-state index in [1.165, 1.54) is 38.8 Å². The van der Waals surface area contributed by atoms with Gasteiger partial charge in [-0.1, -0.05) is 6.42 Å². The van der Waals surface area contributed by atoms with Gasteiger partial charge in [0, 0.05) is 45.2 Å². The van der Waals surface area contributed by atoms with Gasteiger partial charge in [-0.15, -0.1) is 24.0 Å². The number of hydrogen-bond acceptors (Lipinski definition) is 3. The summed E-state index contributed by atoms with van der Waals surface area (Å²) in [5.74, 6) is 1.03.